The van der Waals surface area contributed by atoms with Crippen molar-refractivity contribution >= 4 is 61.1 Å². The maximum atomic E-state index is 11.0. The fourth-order valence-corrected chi connectivity index (χ4v) is 7.17. The van der Waals surface area contributed by atoms with E-state index < -0.39 is 0 Å². The van der Waals surface area contributed by atoms with Crippen LogP contribution in [-0.2, 0) is 44.3 Å². The predicted molar refractivity (Wildman–Crippen MR) is 279 cm³/mol. The summed E-state index contributed by atoms with van der Waals surface area (Å²) in [7, 11) is 0. The zero-order chi connectivity index (χ0) is 45.1. The van der Waals surface area contributed by atoms with Crippen LogP contribution in [0.15, 0.2) is 0 Å². The minimum atomic E-state index is -0.138. The van der Waals surface area contributed by atoms with E-state index in [1.807, 2.05) is 0 Å². The number of hydrogen-bond acceptors (Lipinski definition) is 6. The monoisotopic (exact) mass is 1000 g/mol. The Morgan fingerprint density at radius 2 is 0.508 bits per heavy atom. The van der Waals surface area contributed by atoms with E-state index in [2.05, 4.69) is 41.5 Å². The molecule has 0 unspecified atom stereocenters. The molecule has 0 atom stereocenters. The summed E-state index contributed by atoms with van der Waals surface area (Å²) >= 11 is 9.43. The molecular weight excluding hydrogens is 895 g/mol. The maximum Gasteiger partial charge on any atom is 2.00 e. The molecule has 0 spiro atoms. The second-order valence-electron chi connectivity index (χ2n) is 17.1. The summed E-state index contributed by atoms with van der Waals surface area (Å²) in [5.74, 6) is 0.662. The summed E-state index contributed by atoms with van der Waals surface area (Å²) in [6.45, 7) is 17.9. The smallest absolute Gasteiger partial charge is 0.792 e. The van der Waals surface area contributed by atoms with Gasteiger partial charge in [0.25, 0.3) is 0 Å². The predicted octanol–water partition coefficient (Wildman–Crippen LogP) is 17.9. The molecule has 364 valence electrons. The Hall–Kier alpha value is 0.439. The molecule has 0 heterocycles. The SMILES string of the molecule is CCCCCCCCCCCCOC(=O)CC[S-].CCCCCCCCCCCCOC(=O)CC[S-].[CH2]CCCCCCCCCCC.[CH2]CCCCCCCCCCC.[Sn+2]. The molecule has 0 N–H and O–H groups in total. The van der Waals surface area contributed by atoms with E-state index in [9.17, 15) is 9.59 Å². The molecule has 0 aliphatic heterocycles. The number of ether oxygens (including phenoxy) is 2. The molecule has 4 radical (unpaired) electrons. The van der Waals surface area contributed by atoms with Crippen molar-refractivity contribution in [2.24, 2.45) is 0 Å². The largest absolute Gasteiger partial charge is 2.00 e. The van der Waals surface area contributed by atoms with Crippen molar-refractivity contribution in [2.75, 3.05) is 24.7 Å². The first-order chi connectivity index (χ1) is 29.4. The summed E-state index contributed by atoms with van der Waals surface area (Å²) in [6, 6.07) is 0. The molecule has 0 aromatic carbocycles. The van der Waals surface area contributed by atoms with E-state index in [0.29, 0.717) is 37.6 Å². The van der Waals surface area contributed by atoms with E-state index in [-0.39, 0.29) is 35.8 Å². The van der Waals surface area contributed by atoms with Crippen LogP contribution >= 0.6 is 0 Å². The first-order valence-electron chi connectivity index (χ1n) is 26.5. The van der Waals surface area contributed by atoms with E-state index in [1.165, 1.54) is 231 Å². The third kappa shape index (κ3) is 81.1. The summed E-state index contributed by atoms with van der Waals surface area (Å²) in [4.78, 5) is 22.0. The molecule has 0 aliphatic carbocycles. The summed E-state index contributed by atoms with van der Waals surface area (Å²) < 4.78 is 10.1. The first kappa shape index (κ1) is 70.5. The average molecular weight is 1000 g/mol. The minimum absolute atomic E-state index is 0. The van der Waals surface area contributed by atoms with Gasteiger partial charge in [-0.3, -0.25) is 9.59 Å². The van der Waals surface area contributed by atoms with Gasteiger partial charge in [0.1, 0.15) is 0 Å². The molecular formula is C54H108O4S2Sn. The molecule has 0 rings (SSSR count). The number of carbonyl (C=O) groups excluding carboxylic acids is 2. The van der Waals surface area contributed by atoms with Crippen molar-refractivity contribution in [1.82, 2.24) is 0 Å². The van der Waals surface area contributed by atoms with Crippen LogP contribution in [-0.4, -0.2) is 60.6 Å². The Labute approximate surface area is 413 Å². The molecule has 0 saturated carbocycles. The van der Waals surface area contributed by atoms with Gasteiger partial charge >= 0.3 is 35.8 Å². The summed E-state index contributed by atoms with van der Waals surface area (Å²) in [6.07, 6.45) is 54.6. The van der Waals surface area contributed by atoms with E-state index in [4.69, 9.17) is 34.7 Å². The van der Waals surface area contributed by atoms with Crippen LogP contribution in [0.25, 0.3) is 0 Å². The van der Waals surface area contributed by atoms with Gasteiger partial charge < -0.3 is 34.7 Å². The molecule has 0 amide bonds. The van der Waals surface area contributed by atoms with Gasteiger partial charge in [-0.05, 0) is 12.8 Å². The molecule has 0 aliphatic rings. The van der Waals surface area contributed by atoms with Crippen LogP contribution in [0.3, 0.4) is 0 Å². The van der Waals surface area contributed by atoms with E-state index >= 15 is 0 Å². The number of unbranched alkanes of at least 4 members (excludes halogenated alkanes) is 36. The third-order valence-corrected chi connectivity index (χ3v) is 11.2. The van der Waals surface area contributed by atoms with Crippen LogP contribution in [0.4, 0.5) is 0 Å². The Balaban J connectivity index is -0.000000231. The standard InChI is InChI=1S/2C15H30O2S.2C12H25.Sn/c2*1-2-3-4-5-6-7-8-9-10-11-13-17-15(16)12-14-18;2*1-3-5-7-9-11-12-10-8-6-4-2;/h2*18H,2-14H2,1H3;2*1,3-12H2,2H3;/q;;;;+2/p-2. The van der Waals surface area contributed by atoms with Crippen LogP contribution < -0.4 is 0 Å². The van der Waals surface area contributed by atoms with Crippen LogP contribution in [0.5, 0.6) is 0 Å². The zero-order valence-electron chi connectivity index (χ0n) is 41.9. The van der Waals surface area contributed by atoms with E-state index in [1.54, 1.807) is 0 Å². The molecule has 4 nitrogen and oxygen atoms in total. The number of carbonyl (C=O) groups is 2. The fourth-order valence-electron chi connectivity index (χ4n) is 6.84. The van der Waals surface area contributed by atoms with E-state index in [0.717, 1.165) is 25.7 Å². The van der Waals surface area contributed by atoms with Crippen molar-refractivity contribution in [3.8, 4) is 0 Å². The summed E-state index contributed by atoms with van der Waals surface area (Å²) in [5, 5.41) is 0. The topological polar surface area (TPSA) is 52.6 Å². The second-order valence-corrected chi connectivity index (χ2v) is 17.9. The molecule has 61 heavy (non-hydrogen) atoms. The molecule has 0 saturated heterocycles. The minimum Gasteiger partial charge on any atom is -0.792 e. The third-order valence-electron chi connectivity index (χ3n) is 10.8. The van der Waals surface area contributed by atoms with Crippen LogP contribution in [0.1, 0.15) is 297 Å². The van der Waals surface area contributed by atoms with Crippen molar-refractivity contribution < 1.29 is 19.1 Å². The van der Waals surface area contributed by atoms with Gasteiger partial charge in [-0.25, -0.2) is 0 Å². The van der Waals surface area contributed by atoms with Crippen molar-refractivity contribution in [3.63, 3.8) is 0 Å². The number of rotatable bonds is 44. The molecule has 0 aromatic heterocycles. The van der Waals surface area contributed by atoms with Gasteiger partial charge in [-0.1, -0.05) is 286 Å². The van der Waals surface area contributed by atoms with Gasteiger partial charge in [0.2, 0.25) is 0 Å². The Morgan fingerprint density at radius 3 is 0.689 bits per heavy atom. The van der Waals surface area contributed by atoms with Crippen LogP contribution in [0, 0.1) is 13.8 Å². The Kier molecular flexibility index (Phi) is 83.2. The van der Waals surface area contributed by atoms with Crippen molar-refractivity contribution in [1.29, 1.82) is 0 Å². The van der Waals surface area contributed by atoms with Crippen molar-refractivity contribution in [2.45, 2.75) is 297 Å². The normalized spacial score (nSPS) is 10.4. The van der Waals surface area contributed by atoms with Gasteiger partial charge in [0, 0.05) is 12.8 Å². The van der Waals surface area contributed by atoms with Gasteiger partial charge in [0.05, 0.1) is 13.2 Å². The molecule has 0 fully saturated rings. The zero-order valence-corrected chi connectivity index (χ0v) is 46.4. The Bertz CT molecular complexity index is 662. The number of esters is 2. The molecule has 0 aromatic rings. The fraction of sp³-hybridized carbons (Fsp3) is 0.926. The quantitative estimate of drug-likeness (QED) is 0.0262. The van der Waals surface area contributed by atoms with Gasteiger partial charge in [0.15, 0.2) is 0 Å². The molecule has 0 bridgehead atoms. The average Bonchev–Trinajstić information content (AvgIpc) is 3.25. The van der Waals surface area contributed by atoms with Gasteiger partial charge in [-0.15, -0.1) is 0 Å². The molecule has 7 heteroatoms. The van der Waals surface area contributed by atoms with Crippen molar-refractivity contribution in [3.05, 3.63) is 13.8 Å². The van der Waals surface area contributed by atoms with Gasteiger partial charge in [-0.2, -0.15) is 11.5 Å². The first-order valence-corrected chi connectivity index (χ1v) is 27.7. The maximum absolute atomic E-state index is 11.0. The Morgan fingerprint density at radius 1 is 0.328 bits per heavy atom. The summed E-state index contributed by atoms with van der Waals surface area (Å²) in [5.41, 5.74) is 0. The second kappa shape index (κ2) is 72.1. The number of hydrogen-bond donors (Lipinski definition) is 0. The van der Waals surface area contributed by atoms with Crippen LogP contribution in [0.2, 0.25) is 0 Å².